The molecule has 0 radical (unpaired) electrons. The van der Waals surface area contributed by atoms with Gasteiger partial charge in [-0.3, -0.25) is 14.9 Å². The molecule has 2 aromatic rings. The van der Waals surface area contributed by atoms with Crippen LogP contribution in [0.1, 0.15) is 32.8 Å². The number of carbonyl (C=O) groups excluding carboxylic acids is 2. The van der Waals surface area contributed by atoms with Crippen molar-refractivity contribution in [2.24, 2.45) is 5.73 Å². The number of anilines is 1. The van der Waals surface area contributed by atoms with E-state index in [1.807, 2.05) is 0 Å². The van der Waals surface area contributed by atoms with Crippen LogP contribution < -0.4 is 16.4 Å². The summed E-state index contributed by atoms with van der Waals surface area (Å²) in [5.41, 5.74) is 7.83. The smallest absolute Gasteiger partial charge is 0.251 e. The van der Waals surface area contributed by atoms with Crippen LogP contribution in [0.25, 0.3) is 6.08 Å². The van der Waals surface area contributed by atoms with Gasteiger partial charge in [-0.25, -0.2) is 0 Å². The Hall–Kier alpha value is -2.22. The van der Waals surface area contributed by atoms with Gasteiger partial charge in [0.1, 0.15) is 5.00 Å². The fourth-order valence-electron chi connectivity index (χ4n) is 2.79. The van der Waals surface area contributed by atoms with Gasteiger partial charge in [-0.2, -0.15) is 0 Å². The van der Waals surface area contributed by atoms with Gasteiger partial charge in [0.15, 0.2) is 5.11 Å². The van der Waals surface area contributed by atoms with Crippen molar-refractivity contribution in [3.05, 3.63) is 56.9 Å². The Morgan fingerprint density at radius 2 is 1.96 bits per heavy atom. The number of benzene rings is 1. The molecule has 1 aliphatic rings. The van der Waals surface area contributed by atoms with Gasteiger partial charge in [-0.05, 0) is 60.8 Å². The van der Waals surface area contributed by atoms with E-state index in [0.717, 1.165) is 35.3 Å². The van der Waals surface area contributed by atoms with Crippen LogP contribution in [0.4, 0.5) is 5.00 Å². The summed E-state index contributed by atoms with van der Waals surface area (Å²) in [7, 11) is 0. The molecule has 0 unspecified atom stereocenters. The quantitative estimate of drug-likeness (QED) is 0.536. The SMILES string of the molecule is NC(=O)c1c(NC(=S)NC(=O)C=Cc2ccc(Cl)cc2)sc2c1CCC2. The van der Waals surface area contributed by atoms with Crippen LogP contribution in [0.2, 0.25) is 5.02 Å². The maximum atomic E-state index is 12.0. The third-order valence-electron chi connectivity index (χ3n) is 3.93. The normalized spacial score (nSPS) is 12.8. The molecule has 0 saturated carbocycles. The molecule has 8 heteroatoms. The van der Waals surface area contributed by atoms with Gasteiger partial charge >= 0.3 is 0 Å². The van der Waals surface area contributed by atoms with Crippen LogP contribution in [0.15, 0.2) is 30.3 Å². The summed E-state index contributed by atoms with van der Waals surface area (Å²) in [6.07, 6.45) is 5.83. The molecule has 1 aromatic carbocycles. The molecule has 0 atom stereocenters. The van der Waals surface area contributed by atoms with E-state index in [4.69, 9.17) is 29.6 Å². The summed E-state index contributed by atoms with van der Waals surface area (Å²) in [5, 5.41) is 6.83. The molecule has 0 aliphatic heterocycles. The molecule has 2 amide bonds. The van der Waals surface area contributed by atoms with Crippen molar-refractivity contribution < 1.29 is 9.59 Å². The van der Waals surface area contributed by atoms with E-state index < -0.39 is 5.91 Å². The van der Waals surface area contributed by atoms with Crippen LogP contribution in [0.5, 0.6) is 0 Å². The van der Waals surface area contributed by atoms with Gasteiger partial charge in [-0.15, -0.1) is 11.3 Å². The van der Waals surface area contributed by atoms with Crippen molar-refractivity contribution in [1.82, 2.24) is 5.32 Å². The lowest BCUT2D eigenvalue weighted by atomic mass is 10.1. The molecule has 1 aliphatic carbocycles. The lowest BCUT2D eigenvalue weighted by Crippen LogP contribution is -2.33. The van der Waals surface area contributed by atoms with Crippen LogP contribution in [0, 0.1) is 0 Å². The summed E-state index contributed by atoms with van der Waals surface area (Å²) >= 11 is 12.5. The van der Waals surface area contributed by atoms with E-state index >= 15 is 0 Å². The summed E-state index contributed by atoms with van der Waals surface area (Å²) in [6.45, 7) is 0. The van der Waals surface area contributed by atoms with E-state index in [1.54, 1.807) is 30.3 Å². The molecule has 0 bridgehead atoms. The Bertz CT molecular complexity index is 904. The van der Waals surface area contributed by atoms with E-state index in [2.05, 4.69) is 10.6 Å². The van der Waals surface area contributed by atoms with Gasteiger partial charge in [0, 0.05) is 16.0 Å². The second kappa shape index (κ2) is 7.99. The van der Waals surface area contributed by atoms with Gasteiger partial charge in [0.2, 0.25) is 5.91 Å². The summed E-state index contributed by atoms with van der Waals surface area (Å²) in [5.74, 6) is -0.856. The predicted molar refractivity (Wildman–Crippen MR) is 110 cm³/mol. The molecular weight excluding hydrogens is 390 g/mol. The average Bonchev–Trinajstić information content (AvgIpc) is 3.14. The van der Waals surface area contributed by atoms with E-state index in [9.17, 15) is 9.59 Å². The van der Waals surface area contributed by atoms with Gasteiger partial charge in [-0.1, -0.05) is 23.7 Å². The Morgan fingerprint density at radius 1 is 1.23 bits per heavy atom. The number of fused-ring (bicyclic) bond motifs is 1. The fraction of sp³-hybridized carbons (Fsp3) is 0.167. The van der Waals surface area contributed by atoms with Crippen molar-refractivity contribution in [2.75, 3.05) is 5.32 Å². The van der Waals surface area contributed by atoms with E-state index in [1.165, 1.54) is 17.4 Å². The van der Waals surface area contributed by atoms with Crippen LogP contribution in [-0.2, 0) is 17.6 Å². The number of carbonyl (C=O) groups is 2. The highest BCUT2D eigenvalue weighted by Crippen LogP contribution is 2.38. The number of amides is 2. The molecule has 4 N–H and O–H groups in total. The fourth-order valence-corrected chi connectivity index (χ4v) is 4.48. The number of halogens is 1. The van der Waals surface area contributed by atoms with Gasteiger partial charge < -0.3 is 11.1 Å². The number of rotatable bonds is 4. The number of hydrogen-bond acceptors (Lipinski definition) is 4. The second-order valence-corrected chi connectivity index (χ2v) is 7.70. The van der Waals surface area contributed by atoms with Crippen molar-refractivity contribution >= 4 is 63.2 Å². The van der Waals surface area contributed by atoms with Crippen molar-refractivity contribution in [2.45, 2.75) is 19.3 Å². The first kappa shape index (κ1) is 18.6. The predicted octanol–water partition coefficient (Wildman–Crippen LogP) is 3.52. The van der Waals surface area contributed by atoms with Gasteiger partial charge in [0.25, 0.3) is 5.91 Å². The molecule has 1 aromatic heterocycles. The molecule has 1 heterocycles. The maximum Gasteiger partial charge on any atom is 0.251 e. The summed E-state index contributed by atoms with van der Waals surface area (Å²) in [6, 6.07) is 7.09. The van der Waals surface area contributed by atoms with E-state index in [-0.39, 0.29) is 11.0 Å². The van der Waals surface area contributed by atoms with Crippen molar-refractivity contribution in [1.29, 1.82) is 0 Å². The monoisotopic (exact) mass is 405 g/mol. The van der Waals surface area contributed by atoms with Crippen LogP contribution >= 0.6 is 35.2 Å². The largest absolute Gasteiger partial charge is 0.365 e. The molecule has 0 fully saturated rings. The number of thiophene rings is 1. The number of nitrogens with one attached hydrogen (secondary N) is 2. The number of hydrogen-bond donors (Lipinski definition) is 3. The molecule has 5 nitrogen and oxygen atoms in total. The van der Waals surface area contributed by atoms with Gasteiger partial charge in [0.05, 0.1) is 5.56 Å². The second-order valence-electron chi connectivity index (χ2n) is 5.75. The highest BCUT2D eigenvalue weighted by Gasteiger charge is 2.25. The molecule has 134 valence electrons. The minimum atomic E-state index is -0.483. The molecular formula is C18H16ClN3O2S2. The van der Waals surface area contributed by atoms with Crippen molar-refractivity contribution in [3.63, 3.8) is 0 Å². The number of nitrogens with two attached hydrogens (primary N) is 1. The van der Waals surface area contributed by atoms with Crippen LogP contribution in [0.3, 0.4) is 0 Å². The van der Waals surface area contributed by atoms with Crippen molar-refractivity contribution in [3.8, 4) is 0 Å². The molecule has 26 heavy (non-hydrogen) atoms. The zero-order valence-corrected chi connectivity index (χ0v) is 16.1. The first-order valence-corrected chi connectivity index (χ1v) is 9.54. The number of aryl methyl sites for hydroxylation is 1. The topological polar surface area (TPSA) is 84.2 Å². The average molecular weight is 406 g/mol. The summed E-state index contributed by atoms with van der Waals surface area (Å²) in [4.78, 5) is 24.9. The highest BCUT2D eigenvalue weighted by atomic mass is 35.5. The van der Waals surface area contributed by atoms with Crippen LogP contribution in [-0.4, -0.2) is 16.9 Å². The zero-order chi connectivity index (χ0) is 18.7. The number of thiocarbonyl (C=S) groups is 1. The minimum Gasteiger partial charge on any atom is -0.365 e. The lowest BCUT2D eigenvalue weighted by molar-refractivity contribution is -0.115. The Labute approximate surface area is 165 Å². The molecule has 3 rings (SSSR count). The Morgan fingerprint density at radius 3 is 2.65 bits per heavy atom. The number of primary amides is 1. The third-order valence-corrected chi connectivity index (χ3v) is 5.59. The first-order chi connectivity index (χ1) is 12.4. The zero-order valence-electron chi connectivity index (χ0n) is 13.7. The standard InChI is InChI=1S/C18H16ClN3O2S2/c19-11-7-4-10(5-8-11)6-9-14(23)21-18(25)22-17-15(16(20)24)12-2-1-3-13(12)26-17/h4-9H,1-3H2,(H2,20,24)(H2,21,22,23,25). The minimum absolute atomic E-state index is 0.123. The highest BCUT2D eigenvalue weighted by molar-refractivity contribution is 7.80. The third kappa shape index (κ3) is 4.30. The molecule has 0 saturated heterocycles. The lowest BCUT2D eigenvalue weighted by Gasteiger charge is -2.08. The van der Waals surface area contributed by atoms with E-state index in [0.29, 0.717) is 15.6 Å². The Kier molecular flexibility index (Phi) is 5.70. The maximum absolute atomic E-state index is 12.0. The summed E-state index contributed by atoms with van der Waals surface area (Å²) < 4.78 is 0. The Balaban J connectivity index is 1.63. The molecule has 0 spiro atoms. The first-order valence-electron chi connectivity index (χ1n) is 7.94.